The Labute approximate surface area is 102 Å². The first kappa shape index (κ1) is 14.0. The maximum atomic E-state index is 11.9. The number of carboxylic acid groups (broad SMARTS) is 1. The highest BCUT2D eigenvalue weighted by atomic mass is 16.5. The lowest BCUT2D eigenvalue weighted by Crippen LogP contribution is -2.52. The van der Waals surface area contributed by atoms with E-state index in [4.69, 9.17) is 9.84 Å². The van der Waals surface area contributed by atoms with Crippen LogP contribution in [0.15, 0.2) is 0 Å². The van der Waals surface area contributed by atoms with Crippen LogP contribution in [-0.2, 0) is 14.3 Å². The first-order valence-corrected chi connectivity index (χ1v) is 5.97. The van der Waals surface area contributed by atoms with Crippen LogP contribution in [0.25, 0.3) is 0 Å². The largest absolute Gasteiger partial charge is 0.480 e. The van der Waals surface area contributed by atoms with Crippen molar-refractivity contribution in [3.63, 3.8) is 0 Å². The number of ether oxygens (including phenoxy) is 1. The molecule has 5 heteroatoms. The van der Waals surface area contributed by atoms with Crippen LogP contribution in [0, 0.1) is 5.41 Å². The van der Waals surface area contributed by atoms with Crippen molar-refractivity contribution < 1.29 is 19.4 Å². The van der Waals surface area contributed by atoms with Crippen LogP contribution in [0.3, 0.4) is 0 Å². The molecule has 1 aliphatic heterocycles. The van der Waals surface area contributed by atoms with Gasteiger partial charge in [-0.3, -0.25) is 4.79 Å². The fourth-order valence-corrected chi connectivity index (χ4v) is 1.83. The molecule has 1 heterocycles. The van der Waals surface area contributed by atoms with E-state index in [1.54, 1.807) is 20.8 Å². The molecule has 1 rings (SSSR count). The van der Waals surface area contributed by atoms with Gasteiger partial charge in [-0.1, -0.05) is 20.8 Å². The topological polar surface area (TPSA) is 75.6 Å². The Bertz CT molecular complexity index is 289. The molecule has 2 atom stereocenters. The smallest absolute Gasteiger partial charge is 0.326 e. The van der Waals surface area contributed by atoms with Crippen molar-refractivity contribution in [2.24, 2.45) is 5.41 Å². The van der Waals surface area contributed by atoms with Crippen LogP contribution in [0.4, 0.5) is 0 Å². The molecule has 0 aromatic rings. The van der Waals surface area contributed by atoms with Crippen LogP contribution >= 0.6 is 0 Å². The van der Waals surface area contributed by atoms with Gasteiger partial charge >= 0.3 is 5.97 Å². The van der Waals surface area contributed by atoms with Gasteiger partial charge in [-0.05, 0) is 24.7 Å². The second-order valence-electron chi connectivity index (χ2n) is 5.50. The number of rotatable bonds is 3. The molecule has 0 aromatic carbocycles. The molecule has 1 fully saturated rings. The molecule has 1 aliphatic rings. The molecule has 1 amide bonds. The highest BCUT2D eigenvalue weighted by molar-refractivity contribution is 5.86. The average molecular weight is 243 g/mol. The lowest BCUT2D eigenvalue weighted by atomic mass is 9.86. The number of hydrogen-bond acceptors (Lipinski definition) is 3. The fourth-order valence-electron chi connectivity index (χ4n) is 1.83. The van der Waals surface area contributed by atoms with Crippen molar-refractivity contribution in [3.05, 3.63) is 0 Å². The summed E-state index contributed by atoms with van der Waals surface area (Å²) in [5.74, 6) is -1.33. The lowest BCUT2D eigenvalue weighted by molar-refractivity contribution is -0.148. The van der Waals surface area contributed by atoms with Gasteiger partial charge in [0.1, 0.15) is 12.1 Å². The highest BCUT2D eigenvalue weighted by Crippen LogP contribution is 2.20. The third-order valence-corrected chi connectivity index (χ3v) is 2.87. The lowest BCUT2D eigenvalue weighted by Gasteiger charge is -2.30. The number of carbonyl (C=O) groups is 2. The van der Waals surface area contributed by atoms with Crippen LogP contribution in [-0.4, -0.2) is 35.7 Å². The second kappa shape index (κ2) is 5.49. The van der Waals surface area contributed by atoms with Gasteiger partial charge in [-0.2, -0.15) is 0 Å². The van der Waals surface area contributed by atoms with E-state index in [1.165, 1.54) is 0 Å². The molecule has 5 nitrogen and oxygen atoms in total. The monoisotopic (exact) mass is 243 g/mol. The van der Waals surface area contributed by atoms with Crippen molar-refractivity contribution in [2.75, 3.05) is 6.61 Å². The Morgan fingerprint density at radius 2 is 2.00 bits per heavy atom. The summed E-state index contributed by atoms with van der Waals surface area (Å²) in [7, 11) is 0. The van der Waals surface area contributed by atoms with Crippen molar-refractivity contribution in [3.8, 4) is 0 Å². The number of hydrogen-bond donors (Lipinski definition) is 2. The summed E-state index contributed by atoms with van der Waals surface area (Å²) in [6, 6.07) is -0.888. The van der Waals surface area contributed by atoms with Crippen LogP contribution in [0.1, 0.15) is 40.0 Å². The van der Waals surface area contributed by atoms with Gasteiger partial charge in [0.15, 0.2) is 0 Å². The van der Waals surface area contributed by atoms with Crippen molar-refractivity contribution >= 4 is 11.9 Å². The van der Waals surface area contributed by atoms with E-state index in [1.807, 2.05) is 0 Å². The van der Waals surface area contributed by atoms with Crippen LogP contribution in [0.5, 0.6) is 0 Å². The summed E-state index contributed by atoms with van der Waals surface area (Å²) in [4.78, 5) is 23.0. The average Bonchev–Trinajstić information content (AvgIpc) is 2.24. The molecule has 1 saturated heterocycles. The standard InChI is InChI=1S/C12H21NO4/c1-12(2,3)9(11(15)16)13-10(14)8-6-4-5-7-17-8/h8-9H,4-7H2,1-3H3,(H,13,14)(H,15,16)/t8?,9-/m0/s1. The highest BCUT2D eigenvalue weighted by Gasteiger charge is 2.34. The van der Waals surface area contributed by atoms with Gasteiger partial charge in [0.05, 0.1) is 0 Å². The molecule has 0 aromatic heterocycles. The normalized spacial score (nSPS) is 22.9. The number of carbonyl (C=O) groups excluding carboxylic acids is 1. The predicted octanol–water partition coefficient (Wildman–Crippen LogP) is 1.17. The molecule has 0 aliphatic carbocycles. The SMILES string of the molecule is CC(C)(C)[C@@H](NC(=O)C1CCCCO1)C(=O)O. The minimum absolute atomic E-state index is 0.313. The summed E-state index contributed by atoms with van der Waals surface area (Å²) >= 11 is 0. The zero-order valence-electron chi connectivity index (χ0n) is 10.7. The first-order valence-electron chi connectivity index (χ1n) is 5.97. The van der Waals surface area contributed by atoms with Gasteiger partial charge in [0.2, 0.25) is 5.91 Å². The maximum absolute atomic E-state index is 11.9. The summed E-state index contributed by atoms with van der Waals surface area (Å²) in [6.07, 6.45) is 2.09. The van der Waals surface area contributed by atoms with E-state index in [0.29, 0.717) is 13.0 Å². The Hall–Kier alpha value is -1.10. The molecule has 17 heavy (non-hydrogen) atoms. The minimum Gasteiger partial charge on any atom is -0.480 e. The Morgan fingerprint density at radius 3 is 2.41 bits per heavy atom. The Morgan fingerprint density at radius 1 is 1.35 bits per heavy atom. The molecule has 2 N–H and O–H groups in total. The zero-order chi connectivity index (χ0) is 13.1. The molecule has 1 unspecified atom stereocenters. The molecule has 0 bridgehead atoms. The van der Waals surface area contributed by atoms with Crippen molar-refractivity contribution in [1.82, 2.24) is 5.32 Å². The molecule has 98 valence electrons. The van der Waals surface area contributed by atoms with E-state index in [0.717, 1.165) is 12.8 Å². The number of amides is 1. The van der Waals surface area contributed by atoms with E-state index in [2.05, 4.69) is 5.32 Å². The van der Waals surface area contributed by atoms with E-state index in [-0.39, 0.29) is 5.91 Å². The van der Waals surface area contributed by atoms with Crippen molar-refractivity contribution in [1.29, 1.82) is 0 Å². The van der Waals surface area contributed by atoms with Gasteiger partial charge in [-0.25, -0.2) is 4.79 Å². The van der Waals surface area contributed by atoms with E-state index >= 15 is 0 Å². The van der Waals surface area contributed by atoms with E-state index < -0.39 is 23.5 Å². The summed E-state index contributed by atoms with van der Waals surface area (Å²) in [5, 5.41) is 11.7. The van der Waals surface area contributed by atoms with Gasteiger partial charge in [0, 0.05) is 6.61 Å². The summed E-state index contributed by atoms with van der Waals surface area (Å²) in [5.41, 5.74) is -0.518. The van der Waals surface area contributed by atoms with Gasteiger partial charge < -0.3 is 15.2 Å². The van der Waals surface area contributed by atoms with Crippen molar-refractivity contribution in [2.45, 2.75) is 52.2 Å². The Balaban J connectivity index is 2.60. The number of nitrogens with one attached hydrogen (secondary N) is 1. The van der Waals surface area contributed by atoms with Gasteiger partial charge in [-0.15, -0.1) is 0 Å². The fraction of sp³-hybridized carbons (Fsp3) is 0.833. The summed E-state index contributed by atoms with van der Waals surface area (Å²) in [6.45, 7) is 5.93. The number of aliphatic carboxylic acids is 1. The second-order valence-corrected chi connectivity index (χ2v) is 5.50. The van der Waals surface area contributed by atoms with E-state index in [9.17, 15) is 9.59 Å². The molecular weight excluding hydrogens is 222 g/mol. The predicted molar refractivity (Wildman–Crippen MR) is 62.6 cm³/mol. The van der Waals surface area contributed by atoms with Crippen LogP contribution in [0.2, 0.25) is 0 Å². The zero-order valence-corrected chi connectivity index (χ0v) is 10.7. The molecule has 0 saturated carbocycles. The summed E-state index contributed by atoms with van der Waals surface area (Å²) < 4.78 is 5.33. The third kappa shape index (κ3) is 4.00. The Kier molecular flexibility index (Phi) is 4.51. The molecular formula is C12H21NO4. The maximum Gasteiger partial charge on any atom is 0.326 e. The third-order valence-electron chi connectivity index (χ3n) is 2.87. The van der Waals surface area contributed by atoms with Crippen LogP contribution < -0.4 is 5.32 Å². The molecule has 0 spiro atoms. The van der Waals surface area contributed by atoms with Gasteiger partial charge in [0.25, 0.3) is 0 Å². The minimum atomic E-state index is -1.01. The quantitative estimate of drug-likeness (QED) is 0.780. The first-order chi connectivity index (χ1) is 7.82. The number of carboxylic acids is 1. The molecule has 0 radical (unpaired) electrons.